The lowest BCUT2D eigenvalue weighted by Gasteiger charge is -1.94. The van der Waals surface area contributed by atoms with Crippen molar-refractivity contribution in [1.82, 2.24) is 10.3 Å². The molecule has 86 valence electrons. The summed E-state index contributed by atoms with van der Waals surface area (Å²) in [5, 5.41) is 13.4. The molecule has 16 heavy (non-hydrogen) atoms. The van der Waals surface area contributed by atoms with Crippen molar-refractivity contribution < 1.29 is 4.92 Å². The second-order valence-electron chi connectivity index (χ2n) is 3.19. The van der Waals surface area contributed by atoms with E-state index in [2.05, 4.69) is 10.3 Å². The molecule has 0 aromatic carbocycles. The number of hydrogen-bond acceptors (Lipinski definition) is 4. The third-order valence-corrected chi connectivity index (χ3v) is 1.99. The normalized spacial score (nSPS) is 10.8. The molecule has 0 radical (unpaired) electrons. The summed E-state index contributed by atoms with van der Waals surface area (Å²) in [4.78, 5) is 23.6. The van der Waals surface area contributed by atoms with Gasteiger partial charge in [0.1, 0.15) is 0 Å². The van der Waals surface area contributed by atoms with Gasteiger partial charge in [-0.25, -0.2) is 0 Å². The number of nitrogens with zero attached hydrogens (tertiary/aromatic N) is 1. The summed E-state index contributed by atoms with van der Waals surface area (Å²) in [5.41, 5.74) is -0.149. The Labute approximate surface area is 92.2 Å². The quantitative estimate of drug-likeness (QED) is 0.441. The van der Waals surface area contributed by atoms with Crippen LogP contribution < -0.4 is 10.9 Å². The first-order chi connectivity index (χ1) is 7.65. The Hall–Kier alpha value is -1.95. The number of H-pyrrole nitrogens is 1. The molecule has 0 bridgehead atoms. The number of hydrogen-bond donors (Lipinski definition) is 2. The first-order valence-corrected chi connectivity index (χ1v) is 4.83. The van der Waals surface area contributed by atoms with E-state index in [-0.39, 0.29) is 11.2 Å². The summed E-state index contributed by atoms with van der Waals surface area (Å²) in [5.74, 6) is 0. The molecule has 0 unspecified atom stereocenters. The van der Waals surface area contributed by atoms with Gasteiger partial charge in [0, 0.05) is 11.6 Å². The van der Waals surface area contributed by atoms with Crippen LogP contribution >= 0.6 is 0 Å². The molecule has 0 fully saturated rings. The summed E-state index contributed by atoms with van der Waals surface area (Å²) in [6, 6.07) is 1.26. The molecule has 0 spiro atoms. The van der Waals surface area contributed by atoms with Gasteiger partial charge in [-0.3, -0.25) is 14.9 Å². The molecule has 0 atom stereocenters. The van der Waals surface area contributed by atoms with Crippen molar-refractivity contribution in [2.45, 2.75) is 6.42 Å². The minimum absolute atomic E-state index is 0.118. The van der Waals surface area contributed by atoms with Crippen LogP contribution in [-0.4, -0.2) is 23.5 Å². The molecule has 1 heterocycles. The van der Waals surface area contributed by atoms with Gasteiger partial charge < -0.3 is 10.3 Å². The van der Waals surface area contributed by atoms with E-state index < -0.39 is 4.92 Å². The zero-order valence-corrected chi connectivity index (χ0v) is 8.90. The predicted octanol–water partition coefficient (Wildman–Crippen LogP) is 0.906. The van der Waals surface area contributed by atoms with Gasteiger partial charge in [-0.15, -0.1) is 0 Å². The van der Waals surface area contributed by atoms with Gasteiger partial charge in [0.25, 0.3) is 11.2 Å². The molecule has 1 aromatic heterocycles. The van der Waals surface area contributed by atoms with Crippen LogP contribution in [0, 0.1) is 10.1 Å². The number of aromatic nitrogens is 1. The molecule has 1 rings (SSSR count). The van der Waals surface area contributed by atoms with E-state index in [0.29, 0.717) is 5.56 Å². The van der Waals surface area contributed by atoms with E-state index in [1.807, 2.05) is 7.05 Å². The molecular weight excluding hydrogens is 210 g/mol. The van der Waals surface area contributed by atoms with Crippen molar-refractivity contribution in [3.05, 3.63) is 44.4 Å². The van der Waals surface area contributed by atoms with Crippen LogP contribution in [0.15, 0.2) is 23.1 Å². The van der Waals surface area contributed by atoms with E-state index in [1.165, 1.54) is 6.07 Å². The number of aromatic amines is 1. The van der Waals surface area contributed by atoms with Gasteiger partial charge >= 0.3 is 0 Å². The van der Waals surface area contributed by atoms with E-state index in [4.69, 9.17) is 0 Å². The SMILES string of the molecule is CNCCC=Cc1cc([N+](=O)[O-])c[nH]c1=O. The fourth-order valence-electron chi connectivity index (χ4n) is 1.16. The average molecular weight is 223 g/mol. The third kappa shape index (κ3) is 3.32. The zero-order chi connectivity index (χ0) is 12.0. The molecule has 6 heteroatoms. The molecule has 2 N–H and O–H groups in total. The molecule has 0 aliphatic heterocycles. The smallest absolute Gasteiger partial charge is 0.286 e. The minimum Gasteiger partial charge on any atom is -0.322 e. The highest BCUT2D eigenvalue weighted by atomic mass is 16.6. The van der Waals surface area contributed by atoms with Gasteiger partial charge in [-0.1, -0.05) is 12.2 Å². The predicted molar refractivity (Wildman–Crippen MR) is 61.3 cm³/mol. The van der Waals surface area contributed by atoms with Gasteiger partial charge in [0.15, 0.2) is 0 Å². The first-order valence-electron chi connectivity index (χ1n) is 4.83. The number of nitrogens with one attached hydrogen (secondary N) is 2. The zero-order valence-electron chi connectivity index (χ0n) is 8.90. The Bertz CT molecular complexity index is 451. The van der Waals surface area contributed by atoms with Crippen LogP contribution in [0.25, 0.3) is 6.08 Å². The minimum atomic E-state index is -0.541. The lowest BCUT2D eigenvalue weighted by molar-refractivity contribution is -0.385. The van der Waals surface area contributed by atoms with E-state index in [9.17, 15) is 14.9 Å². The highest BCUT2D eigenvalue weighted by molar-refractivity contribution is 5.51. The molecule has 0 saturated heterocycles. The molecular formula is C10H13N3O3. The van der Waals surface area contributed by atoms with E-state index >= 15 is 0 Å². The van der Waals surface area contributed by atoms with Crippen LogP contribution in [0.4, 0.5) is 5.69 Å². The molecule has 0 aliphatic carbocycles. The number of nitro groups is 1. The summed E-state index contributed by atoms with van der Waals surface area (Å²) in [7, 11) is 1.83. The van der Waals surface area contributed by atoms with E-state index in [0.717, 1.165) is 19.2 Å². The Morgan fingerprint density at radius 2 is 2.38 bits per heavy atom. The van der Waals surface area contributed by atoms with Crippen molar-refractivity contribution >= 4 is 11.8 Å². The summed E-state index contributed by atoms with van der Waals surface area (Å²) in [6.07, 6.45) is 5.24. The van der Waals surface area contributed by atoms with Gasteiger partial charge in [-0.2, -0.15) is 0 Å². The Morgan fingerprint density at radius 1 is 1.62 bits per heavy atom. The van der Waals surface area contributed by atoms with Crippen LogP contribution in [-0.2, 0) is 0 Å². The van der Waals surface area contributed by atoms with Gasteiger partial charge in [0.05, 0.1) is 11.1 Å². The lowest BCUT2D eigenvalue weighted by Crippen LogP contribution is -2.09. The maximum absolute atomic E-state index is 11.3. The lowest BCUT2D eigenvalue weighted by atomic mass is 10.2. The molecule has 6 nitrogen and oxygen atoms in total. The van der Waals surface area contributed by atoms with Gasteiger partial charge in [0.2, 0.25) is 0 Å². The average Bonchev–Trinajstić information content (AvgIpc) is 2.26. The van der Waals surface area contributed by atoms with Crippen LogP contribution in [0.3, 0.4) is 0 Å². The first kappa shape index (κ1) is 12.1. The largest absolute Gasteiger partial charge is 0.322 e. The van der Waals surface area contributed by atoms with Crippen molar-refractivity contribution in [2.24, 2.45) is 0 Å². The van der Waals surface area contributed by atoms with E-state index in [1.54, 1.807) is 12.2 Å². The fourth-order valence-corrected chi connectivity index (χ4v) is 1.16. The van der Waals surface area contributed by atoms with Crippen molar-refractivity contribution in [3.8, 4) is 0 Å². The third-order valence-electron chi connectivity index (χ3n) is 1.99. The standard InChI is InChI=1S/C10H13N3O3/c1-11-5-3-2-4-8-6-9(13(15)16)7-12-10(8)14/h2,4,6-7,11H,3,5H2,1H3,(H,12,14). The van der Waals surface area contributed by atoms with Crippen molar-refractivity contribution in [2.75, 3.05) is 13.6 Å². The molecule has 0 aliphatic rings. The highest BCUT2D eigenvalue weighted by Crippen LogP contribution is 2.09. The molecule has 0 amide bonds. The fraction of sp³-hybridized carbons (Fsp3) is 0.300. The summed E-state index contributed by atoms with van der Waals surface area (Å²) < 4.78 is 0. The monoisotopic (exact) mass is 223 g/mol. The molecule has 1 aromatic rings. The Kier molecular flexibility index (Phi) is 4.41. The summed E-state index contributed by atoms with van der Waals surface area (Å²) >= 11 is 0. The van der Waals surface area contributed by atoms with Crippen LogP contribution in [0.2, 0.25) is 0 Å². The Balaban J connectivity index is 2.86. The summed E-state index contributed by atoms with van der Waals surface area (Å²) in [6.45, 7) is 0.795. The van der Waals surface area contributed by atoms with Gasteiger partial charge in [-0.05, 0) is 20.0 Å². The maximum Gasteiger partial charge on any atom is 0.286 e. The second-order valence-corrected chi connectivity index (χ2v) is 3.19. The van der Waals surface area contributed by atoms with Crippen LogP contribution in [0.5, 0.6) is 0 Å². The maximum atomic E-state index is 11.3. The topological polar surface area (TPSA) is 88.0 Å². The number of pyridine rings is 1. The van der Waals surface area contributed by atoms with Crippen molar-refractivity contribution in [1.29, 1.82) is 0 Å². The second kappa shape index (κ2) is 5.82. The Morgan fingerprint density at radius 3 is 3.00 bits per heavy atom. The van der Waals surface area contributed by atoms with Crippen LogP contribution in [0.1, 0.15) is 12.0 Å². The van der Waals surface area contributed by atoms with Crippen molar-refractivity contribution in [3.63, 3.8) is 0 Å². The number of rotatable bonds is 5. The highest BCUT2D eigenvalue weighted by Gasteiger charge is 2.07. The molecule has 0 saturated carbocycles.